The summed E-state index contributed by atoms with van der Waals surface area (Å²) in [5.41, 5.74) is 2.16. The molecule has 6 rings (SSSR count). The summed E-state index contributed by atoms with van der Waals surface area (Å²) in [4.78, 5) is 60.3. The first kappa shape index (κ1) is 35.1. The molecule has 4 bridgehead atoms. The SMILES string of the molecule is C=C[C@@H]1C[C@]1(NC(=O)[C@@H]1C[C@@H]2CN1C(=O)[C@H](CCC(C)C)NC(=O)CCCCCCc1ccc3nc(-c4ccccc4)cc(c3c1)O2)C(=O)O. The summed E-state index contributed by atoms with van der Waals surface area (Å²) < 4.78 is 6.76. The molecule has 1 aliphatic carbocycles. The fourth-order valence-electron chi connectivity index (χ4n) is 7.32. The Labute approximate surface area is 293 Å². The second-order valence-corrected chi connectivity index (χ2v) is 14.5. The van der Waals surface area contributed by atoms with Gasteiger partial charge >= 0.3 is 5.97 Å². The van der Waals surface area contributed by atoms with Crippen molar-refractivity contribution in [2.45, 2.75) is 102 Å². The number of carbonyl (C=O) groups is 4. The predicted octanol–water partition coefficient (Wildman–Crippen LogP) is 5.82. The Morgan fingerprint density at radius 3 is 2.56 bits per heavy atom. The van der Waals surface area contributed by atoms with Gasteiger partial charge in [0.25, 0.3) is 0 Å². The zero-order valence-corrected chi connectivity index (χ0v) is 29.0. The quantitative estimate of drug-likeness (QED) is 0.255. The van der Waals surface area contributed by atoms with Gasteiger partial charge in [0.15, 0.2) is 0 Å². The highest BCUT2D eigenvalue weighted by molar-refractivity contribution is 5.96. The molecule has 5 atom stereocenters. The number of nitrogens with one attached hydrogen (secondary N) is 2. The Morgan fingerprint density at radius 2 is 1.86 bits per heavy atom. The van der Waals surface area contributed by atoms with Crippen molar-refractivity contribution in [1.29, 1.82) is 0 Å². The van der Waals surface area contributed by atoms with Crippen molar-refractivity contribution in [2.75, 3.05) is 6.54 Å². The molecular formula is C40H48N4O6. The number of hydrogen-bond acceptors (Lipinski definition) is 6. The molecule has 0 unspecified atom stereocenters. The molecule has 1 saturated carbocycles. The molecule has 3 amide bonds. The molecule has 3 aromatic rings. The highest BCUT2D eigenvalue weighted by Gasteiger charge is 2.61. The van der Waals surface area contributed by atoms with E-state index in [4.69, 9.17) is 9.72 Å². The number of carbonyl (C=O) groups excluding carboxylic acids is 3. The van der Waals surface area contributed by atoms with Crippen LogP contribution in [0.4, 0.5) is 0 Å². The van der Waals surface area contributed by atoms with Crippen LogP contribution in [0.3, 0.4) is 0 Å². The Morgan fingerprint density at radius 1 is 1.10 bits per heavy atom. The average Bonchev–Trinajstić information content (AvgIpc) is 3.67. The lowest BCUT2D eigenvalue weighted by Crippen LogP contribution is -2.56. The van der Waals surface area contributed by atoms with Gasteiger partial charge in [0, 0.05) is 35.8 Å². The minimum atomic E-state index is -1.45. The molecule has 10 heteroatoms. The number of amides is 3. The van der Waals surface area contributed by atoms with E-state index in [-0.39, 0.29) is 31.2 Å². The summed E-state index contributed by atoms with van der Waals surface area (Å²) >= 11 is 0. The Hall–Kier alpha value is -4.73. The predicted molar refractivity (Wildman–Crippen MR) is 191 cm³/mol. The first-order valence-electron chi connectivity index (χ1n) is 18.0. The molecule has 0 spiro atoms. The van der Waals surface area contributed by atoms with Gasteiger partial charge in [-0.15, -0.1) is 6.58 Å². The number of rotatable bonds is 8. The molecule has 10 nitrogen and oxygen atoms in total. The number of aliphatic carboxylic acids is 1. The van der Waals surface area contributed by atoms with Crippen LogP contribution in [0.25, 0.3) is 22.2 Å². The Balaban J connectivity index is 1.38. The van der Waals surface area contributed by atoms with Crippen molar-refractivity contribution in [3.63, 3.8) is 0 Å². The van der Waals surface area contributed by atoms with E-state index in [0.717, 1.165) is 59.8 Å². The Bertz CT molecular complexity index is 1760. The second-order valence-electron chi connectivity index (χ2n) is 14.5. The number of benzene rings is 2. The normalized spacial score (nSPS) is 25.8. The van der Waals surface area contributed by atoms with Crippen LogP contribution in [-0.2, 0) is 25.6 Å². The van der Waals surface area contributed by atoms with Gasteiger partial charge in [-0.2, -0.15) is 0 Å². The highest BCUT2D eigenvalue weighted by atomic mass is 16.5. The van der Waals surface area contributed by atoms with E-state index >= 15 is 0 Å². The number of aryl methyl sites for hydroxylation is 1. The largest absolute Gasteiger partial charge is 0.488 e. The number of carboxylic acid groups (broad SMARTS) is 1. The Kier molecular flexibility index (Phi) is 10.6. The van der Waals surface area contributed by atoms with E-state index in [2.05, 4.69) is 43.2 Å². The van der Waals surface area contributed by atoms with Gasteiger partial charge in [-0.25, -0.2) is 9.78 Å². The number of hydrogen-bond donors (Lipinski definition) is 3. The molecule has 1 aromatic heterocycles. The minimum absolute atomic E-state index is 0.0973. The topological polar surface area (TPSA) is 138 Å². The summed E-state index contributed by atoms with van der Waals surface area (Å²) in [6.45, 7) is 7.96. The molecule has 3 N–H and O–H groups in total. The van der Waals surface area contributed by atoms with Gasteiger partial charge in [-0.1, -0.05) is 69.2 Å². The summed E-state index contributed by atoms with van der Waals surface area (Å²) in [6.07, 6.45) is 7.26. The molecule has 3 heterocycles. The number of ether oxygens (including phenoxy) is 1. The standard InChI is InChI=1S/C40H48N4O6/c1-4-28-23-40(28,39(48)49)43-37(46)34-21-29-24-44(34)38(47)32(18-16-25(2)3)42-36(45)15-11-6-5-8-12-26-17-19-31-30(20-26)35(50-29)22-33(41-31)27-13-9-7-10-14-27/h4,7,9-10,13-14,17,19-20,22,25,28-29,32,34H,1,5-6,8,11-12,15-16,18,21,23-24H2,2-3H3,(H,42,45)(H,43,46)(H,48,49)/t28-,29-,32+,34+,40-/m1/s1. The van der Waals surface area contributed by atoms with Crippen molar-refractivity contribution in [1.82, 2.24) is 20.5 Å². The second kappa shape index (κ2) is 15.0. The van der Waals surface area contributed by atoms with Crippen LogP contribution in [0.1, 0.15) is 77.2 Å². The lowest BCUT2D eigenvalue weighted by atomic mass is 10.0. The molecule has 0 radical (unpaired) electrons. The maximum absolute atomic E-state index is 14.4. The summed E-state index contributed by atoms with van der Waals surface area (Å²) in [6, 6.07) is 16.2. The van der Waals surface area contributed by atoms with Crippen LogP contribution in [0.5, 0.6) is 5.75 Å². The fraction of sp³-hybridized carbons (Fsp3) is 0.475. The minimum Gasteiger partial charge on any atom is -0.488 e. The first-order chi connectivity index (χ1) is 24.1. The van der Waals surface area contributed by atoms with E-state index in [1.807, 2.05) is 42.5 Å². The smallest absolute Gasteiger partial charge is 0.330 e. The van der Waals surface area contributed by atoms with Crippen molar-refractivity contribution in [2.24, 2.45) is 11.8 Å². The molecule has 50 heavy (non-hydrogen) atoms. The molecule has 264 valence electrons. The molecule has 1 saturated heterocycles. The zero-order chi connectivity index (χ0) is 35.4. The number of pyridine rings is 1. The van der Waals surface area contributed by atoms with Gasteiger partial charge in [-0.3, -0.25) is 14.4 Å². The van der Waals surface area contributed by atoms with Gasteiger partial charge in [-0.05, 0) is 62.1 Å². The number of nitrogens with zero attached hydrogens (tertiary/aromatic N) is 2. The number of carboxylic acids is 1. The van der Waals surface area contributed by atoms with Crippen molar-refractivity contribution < 1.29 is 29.0 Å². The lowest BCUT2D eigenvalue weighted by Gasteiger charge is -2.29. The van der Waals surface area contributed by atoms with Gasteiger partial charge in [0.05, 0.1) is 17.8 Å². The molecule has 2 aromatic carbocycles. The van der Waals surface area contributed by atoms with E-state index < -0.39 is 41.5 Å². The number of aromatic nitrogens is 1. The third kappa shape index (κ3) is 7.69. The monoisotopic (exact) mass is 680 g/mol. The molecular weight excluding hydrogens is 632 g/mol. The maximum atomic E-state index is 14.4. The van der Waals surface area contributed by atoms with Crippen LogP contribution in [0, 0.1) is 11.8 Å². The van der Waals surface area contributed by atoms with Crippen LogP contribution in [-0.4, -0.2) is 69.0 Å². The number of fused-ring (bicyclic) bond motifs is 3. The third-order valence-corrected chi connectivity index (χ3v) is 10.4. The lowest BCUT2D eigenvalue weighted by molar-refractivity contribution is -0.146. The highest BCUT2D eigenvalue weighted by Crippen LogP contribution is 2.45. The van der Waals surface area contributed by atoms with E-state index in [1.54, 1.807) is 6.08 Å². The van der Waals surface area contributed by atoms with Crippen molar-refractivity contribution in [3.05, 3.63) is 72.8 Å². The van der Waals surface area contributed by atoms with Crippen molar-refractivity contribution >= 4 is 34.6 Å². The molecule has 2 fully saturated rings. The molecule has 2 aliphatic heterocycles. The van der Waals surface area contributed by atoms with Gasteiger partial charge in [0.2, 0.25) is 17.7 Å². The summed E-state index contributed by atoms with van der Waals surface area (Å²) in [7, 11) is 0. The van der Waals surface area contributed by atoms with Crippen LogP contribution >= 0.6 is 0 Å². The third-order valence-electron chi connectivity index (χ3n) is 10.4. The average molecular weight is 681 g/mol. The van der Waals surface area contributed by atoms with E-state index in [1.165, 1.54) is 4.90 Å². The van der Waals surface area contributed by atoms with Crippen molar-refractivity contribution in [3.8, 4) is 17.0 Å². The fourth-order valence-corrected chi connectivity index (χ4v) is 7.32. The van der Waals surface area contributed by atoms with Gasteiger partial charge < -0.3 is 25.4 Å². The summed E-state index contributed by atoms with van der Waals surface area (Å²) in [5.74, 6) is -1.73. The summed E-state index contributed by atoms with van der Waals surface area (Å²) in [5, 5.41) is 16.7. The van der Waals surface area contributed by atoms with Crippen LogP contribution in [0.15, 0.2) is 67.3 Å². The van der Waals surface area contributed by atoms with Gasteiger partial charge in [0.1, 0.15) is 29.5 Å². The van der Waals surface area contributed by atoms with E-state index in [0.29, 0.717) is 30.9 Å². The van der Waals surface area contributed by atoms with E-state index in [9.17, 15) is 24.3 Å². The zero-order valence-electron chi connectivity index (χ0n) is 29.0. The first-order valence-corrected chi connectivity index (χ1v) is 18.0. The molecule has 3 aliphatic rings. The van der Waals surface area contributed by atoms with Crippen LogP contribution < -0.4 is 15.4 Å². The maximum Gasteiger partial charge on any atom is 0.330 e. The van der Waals surface area contributed by atoms with Crippen LogP contribution in [0.2, 0.25) is 0 Å².